The Balaban J connectivity index is 0.000000172. The number of hydrogen-bond acceptors (Lipinski definition) is 4. The molecule has 3 nitrogen and oxygen atoms in total. The van der Waals surface area contributed by atoms with Gasteiger partial charge in [0, 0.05) is 43.1 Å². The summed E-state index contributed by atoms with van der Waals surface area (Å²) in [6.45, 7) is 0. The molecule has 0 aromatic heterocycles. The molecule has 0 aliphatic carbocycles. The Bertz CT molecular complexity index is 2970. The van der Waals surface area contributed by atoms with Crippen LogP contribution in [-0.2, 0) is 0 Å². The fourth-order valence-corrected chi connectivity index (χ4v) is 8.33. The molecule has 0 heterocycles. The van der Waals surface area contributed by atoms with Gasteiger partial charge in [0.2, 0.25) is 0 Å². The van der Waals surface area contributed by atoms with Crippen molar-refractivity contribution >= 4 is 86.4 Å². The minimum Gasteiger partial charge on any atom is -0.311 e. The Labute approximate surface area is 418 Å². The summed E-state index contributed by atoms with van der Waals surface area (Å²) in [5, 5.41) is 0. The zero-order valence-electron chi connectivity index (χ0n) is 36.5. The Morgan fingerprint density at radius 2 is 0.418 bits per heavy atom. The van der Waals surface area contributed by atoms with Gasteiger partial charge in [-0.15, -0.1) is 0 Å². The maximum Gasteiger partial charge on any atom is 0.0462 e. The number of hydrogen-bond donors (Lipinski definition) is 1. The SMILES string of the molecule is Brc1ccc(N(c2ccc(Br)cc2)c2ccc(-c3ccc(-c4ccccc4)cc3)cc2)cc1.[B]=NS.c1ccc(-c2ccc(-c3ccc(N(c4ccccc4)c4ccccc4)cc3)cc2)cc1. The summed E-state index contributed by atoms with van der Waals surface area (Å²) in [6, 6.07) is 93.8. The molecule has 0 fully saturated rings. The van der Waals surface area contributed by atoms with Crippen LogP contribution in [0.15, 0.2) is 280 Å². The maximum absolute atomic E-state index is 4.34. The number of para-hydroxylation sites is 2. The van der Waals surface area contributed by atoms with Crippen LogP contribution in [0.1, 0.15) is 0 Å². The first-order valence-corrected chi connectivity index (χ1v) is 23.7. The molecule has 0 aliphatic rings. The van der Waals surface area contributed by atoms with Crippen LogP contribution < -0.4 is 9.80 Å². The zero-order chi connectivity index (χ0) is 46.2. The van der Waals surface area contributed by atoms with Crippen molar-refractivity contribution in [3.63, 3.8) is 0 Å². The summed E-state index contributed by atoms with van der Waals surface area (Å²) >= 11 is 10.3. The minimum absolute atomic E-state index is 1.07. The average molecular weight is 1010 g/mol. The van der Waals surface area contributed by atoms with Crippen LogP contribution in [0.25, 0.3) is 44.5 Å². The van der Waals surface area contributed by atoms with Crippen molar-refractivity contribution in [1.82, 2.24) is 0 Å². The summed E-state index contributed by atoms with van der Waals surface area (Å²) < 4.78 is 4.83. The normalized spacial score (nSPS) is 10.4. The van der Waals surface area contributed by atoms with E-state index >= 15 is 0 Å². The Morgan fingerprint density at radius 1 is 0.254 bits per heavy atom. The van der Waals surface area contributed by atoms with Crippen LogP contribution >= 0.6 is 44.7 Å². The van der Waals surface area contributed by atoms with Gasteiger partial charge in [0.05, 0.1) is 0 Å². The second-order valence-electron chi connectivity index (χ2n) is 15.4. The summed E-state index contributed by atoms with van der Waals surface area (Å²) in [5.74, 6) is 0. The third-order valence-corrected chi connectivity index (χ3v) is 12.2. The van der Waals surface area contributed by atoms with Crippen molar-refractivity contribution in [2.75, 3.05) is 9.80 Å². The van der Waals surface area contributed by atoms with Gasteiger partial charge in [-0.2, -0.15) is 0 Å². The number of anilines is 6. The van der Waals surface area contributed by atoms with E-state index in [4.69, 9.17) is 0 Å². The summed E-state index contributed by atoms with van der Waals surface area (Å²) in [6.07, 6.45) is 0. The third kappa shape index (κ3) is 12.3. The molecule has 7 heteroatoms. The molecule has 0 N–H and O–H groups in total. The molecule has 10 rings (SSSR count). The van der Waals surface area contributed by atoms with Gasteiger partial charge in [-0.3, -0.25) is 0 Å². The van der Waals surface area contributed by atoms with E-state index in [0.717, 1.165) is 43.1 Å². The fraction of sp³-hybridized carbons (Fsp3) is 0. The van der Waals surface area contributed by atoms with Gasteiger partial charge in [0.1, 0.15) is 0 Å². The molecule has 0 saturated carbocycles. The molecule has 323 valence electrons. The Hall–Kier alpha value is -7.03. The second kappa shape index (κ2) is 23.4. The molecular weight excluding hydrogens is 965 g/mol. The molecule has 67 heavy (non-hydrogen) atoms. The van der Waals surface area contributed by atoms with Crippen LogP contribution in [0.4, 0.5) is 34.1 Å². The molecule has 1 radical (unpaired) electrons. The number of thiol groups is 1. The van der Waals surface area contributed by atoms with Crippen LogP contribution in [0.3, 0.4) is 0 Å². The zero-order valence-corrected chi connectivity index (χ0v) is 40.6. The first-order chi connectivity index (χ1) is 33.0. The molecule has 0 spiro atoms. The van der Waals surface area contributed by atoms with E-state index in [1.54, 1.807) is 0 Å². The maximum atomic E-state index is 4.34. The van der Waals surface area contributed by atoms with Gasteiger partial charge in [0.15, 0.2) is 0 Å². The van der Waals surface area contributed by atoms with E-state index < -0.39 is 0 Å². The monoisotopic (exact) mass is 1010 g/mol. The van der Waals surface area contributed by atoms with Crippen molar-refractivity contribution in [2.45, 2.75) is 0 Å². The van der Waals surface area contributed by atoms with E-state index in [0.29, 0.717) is 0 Å². The summed E-state index contributed by atoms with van der Waals surface area (Å²) in [7, 11) is 4.34. The average Bonchev–Trinajstić information content (AvgIpc) is 3.40. The van der Waals surface area contributed by atoms with E-state index in [1.807, 2.05) is 12.1 Å². The van der Waals surface area contributed by atoms with Crippen molar-refractivity contribution in [2.24, 2.45) is 4.30 Å². The first-order valence-electron chi connectivity index (χ1n) is 21.7. The smallest absolute Gasteiger partial charge is 0.0462 e. The summed E-state index contributed by atoms with van der Waals surface area (Å²) in [5.41, 5.74) is 16.6. The van der Waals surface area contributed by atoms with Gasteiger partial charge in [-0.05, 0) is 142 Å². The van der Waals surface area contributed by atoms with Crippen molar-refractivity contribution in [3.8, 4) is 44.5 Å². The predicted molar refractivity (Wildman–Crippen MR) is 297 cm³/mol. The van der Waals surface area contributed by atoms with Gasteiger partial charge in [-0.1, -0.05) is 202 Å². The van der Waals surface area contributed by atoms with Crippen LogP contribution in [0, 0.1) is 0 Å². The minimum atomic E-state index is 1.07. The molecule has 0 bridgehead atoms. The van der Waals surface area contributed by atoms with E-state index in [2.05, 4.69) is 321 Å². The topological polar surface area (TPSA) is 18.8 Å². The van der Waals surface area contributed by atoms with Crippen LogP contribution in [0.2, 0.25) is 0 Å². The quantitative estimate of drug-likeness (QED) is 0.109. The van der Waals surface area contributed by atoms with Gasteiger partial charge < -0.3 is 9.80 Å². The Kier molecular flexibility index (Phi) is 16.3. The van der Waals surface area contributed by atoms with Crippen molar-refractivity contribution < 1.29 is 0 Å². The van der Waals surface area contributed by atoms with Crippen molar-refractivity contribution in [3.05, 3.63) is 276 Å². The number of benzene rings is 10. The third-order valence-electron chi connectivity index (χ3n) is 11.1. The van der Waals surface area contributed by atoms with Gasteiger partial charge in [-0.25, -0.2) is 0 Å². The van der Waals surface area contributed by atoms with Crippen LogP contribution in [-0.4, -0.2) is 7.64 Å². The Morgan fingerprint density at radius 3 is 0.657 bits per heavy atom. The summed E-state index contributed by atoms with van der Waals surface area (Å²) in [4.78, 5) is 4.55. The number of nitrogens with zero attached hydrogens (tertiary/aromatic N) is 3. The molecular formula is C60H45BBr2N3S. The molecule has 0 unspecified atom stereocenters. The van der Waals surface area contributed by atoms with Crippen LogP contribution in [0.5, 0.6) is 0 Å². The van der Waals surface area contributed by atoms with Gasteiger partial charge >= 0.3 is 24.8 Å². The molecule has 0 atom stereocenters. The van der Waals surface area contributed by atoms with Crippen molar-refractivity contribution in [1.29, 1.82) is 0 Å². The fourth-order valence-electron chi connectivity index (χ4n) is 7.81. The first kappa shape index (κ1) is 46.5. The second-order valence-corrected chi connectivity index (χ2v) is 17.5. The van der Waals surface area contributed by atoms with E-state index in [-0.39, 0.29) is 0 Å². The molecule has 0 aliphatic heterocycles. The predicted octanol–water partition coefficient (Wildman–Crippen LogP) is 18.7. The van der Waals surface area contributed by atoms with E-state index in [9.17, 15) is 0 Å². The van der Waals surface area contributed by atoms with Gasteiger partial charge in [0.25, 0.3) is 0 Å². The van der Waals surface area contributed by atoms with E-state index in [1.165, 1.54) is 44.5 Å². The molecule has 0 amide bonds. The largest absolute Gasteiger partial charge is 0.311 e. The standard InChI is InChI=1S/C30H21Br2N.C30H23N.BHNS/c31-26-12-18-29(19-13-26)33(30-20-14-27(32)15-21-30)28-16-10-25(11-17-28)24-8-6-23(7-9-24)22-4-2-1-3-5-22;1-4-10-24(11-5-1)25-16-18-26(19-17-25)27-20-22-30(23-21-27)31(28-12-6-2-7-13-28)29-14-8-3-9-15-29;1-2-3/h1-21H;1-23H;3H. The number of halogens is 2. The molecule has 10 aromatic rings. The number of rotatable bonds is 10. The molecule has 0 saturated heterocycles. The molecule has 10 aromatic carbocycles.